The average molecular weight is 302 g/mol. The Bertz CT molecular complexity index is 546. The first-order valence-electron chi connectivity index (χ1n) is 9.21. The number of carbonyl (C=O) groups is 1. The molecule has 4 rings (SSSR count). The van der Waals surface area contributed by atoms with Gasteiger partial charge in [-0.25, -0.2) is 0 Å². The van der Waals surface area contributed by atoms with E-state index in [9.17, 15) is 9.90 Å². The molecule has 4 aliphatic carbocycles. The van der Waals surface area contributed by atoms with Gasteiger partial charge in [0.15, 0.2) is 0 Å². The van der Waals surface area contributed by atoms with E-state index in [1.54, 1.807) is 0 Å². The Kier molecular flexibility index (Phi) is 3.03. The summed E-state index contributed by atoms with van der Waals surface area (Å²) in [7, 11) is 0. The van der Waals surface area contributed by atoms with Gasteiger partial charge in [-0.3, -0.25) is 4.79 Å². The fourth-order valence-electron chi connectivity index (χ4n) is 6.72. The fraction of sp³-hybridized carbons (Fsp3) is 0.850. The van der Waals surface area contributed by atoms with Gasteiger partial charge in [-0.05, 0) is 74.0 Å². The molecule has 2 heteroatoms. The molecule has 22 heavy (non-hydrogen) atoms. The molecular formula is C20H30O2. The molecule has 0 amide bonds. The number of aliphatic hydroxyl groups is 1. The van der Waals surface area contributed by atoms with E-state index >= 15 is 0 Å². The molecule has 1 N–H and O–H groups in total. The molecule has 0 spiro atoms. The van der Waals surface area contributed by atoms with Crippen LogP contribution in [0.4, 0.5) is 0 Å². The first kappa shape index (κ1) is 14.9. The number of rotatable bonds is 0. The largest absolute Gasteiger partial charge is 0.390 e. The van der Waals surface area contributed by atoms with Crippen molar-refractivity contribution in [1.82, 2.24) is 0 Å². The summed E-state index contributed by atoms with van der Waals surface area (Å²) >= 11 is 0. The summed E-state index contributed by atoms with van der Waals surface area (Å²) < 4.78 is 0. The lowest BCUT2D eigenvalue weighted by Crippen LogP contribution is -2.53. The predicted octanol–water partition coefficient (Wildman–Crippen LogP) is 4.27. The van der Waals surface area contributed by atoms with Crippen LogP contribution in [0.2, 0.25) is 0 Å². The summed E-state index contributed by atoms with van der Waals surface area (Å²) in [5.41, 5.74) is 1.31. The van der Waals surface area contributed by atoms with Crippen molar-refractivity contribution in [2.24, 2.45) is 28.6 Å². The summed E-state index contributed by atoms with van der Waals surface area (Å²) in [5.74, 6) is 2.54. The highest BCUT2D eigenvalue weighted by atomic mass is 16.3. The molecule has 0 saturated heterocycles. The van der Waals surface area contributed by atoms with Crippen LogP contribution < -0.4 is 0 Å². The minimum absolute atomic E-state index is 0.0976. The van der Waals surface area contributed by atoms with E-state index in [0.29, 0.717) is 18.1 Å². The molecule has 0 unspecified atom stereocenters. The van der Waals surface area contributed by atoms with Gasteiger partial charge in [0, 0.05) is 12.8 Å². The SMILES string of the molecule is C[C@]12CCC(=O)CC1=CC[C@@H]1[C@@H]2CC[C@@]2(C)[C@H]1CC[C@]2(C)O. The van der Waals surface area contributed by atoms with E-state index in [0.717, 1.165) is 43.9 Å². The number of ketones is 1. The number of fused-ring (bicyclic) bond motifs is 5. The molecule has 0 radical (unpaired) electrons. The Morgan fingerprint density at radius 3 is 2.59 bits per heavy atom. The second-order valence-corrected chi connectivity index (χ2v) is 9.24. The molecule has 0 aromatic heterocycles. The third-order valence-electron chi connectivity index (χ3n) is 8.50. The minimum atomic E-state index is -0.490. The van der Waals surface area contributed by atoms with Gasteiger partial charge >= 0.3 is 0 Å². The molecular weight excluding hydrogens is 272 g/mol. The summed E-state index contributed by atoms with van der Waals surface area (Å²) in [5, 5.41) is 10.9. The van der Waals surface area contributed by atoms with E-state index < -0.39 is 5.60 Å². The molecule has 0 aliphatic heterocycles. The molecule has 2 nitrogen and oxygen atoms in total. The average Bonchev–Trinajstić information content (AvgIpc) is 2.70. The van der Waals surface area contributed by atoms with E-state index in [-0.39, 0.29) is 10.8 Å². The highest BCUT2D eigenvalue weighted by Crippen LogP contribution is 2.66. The third-order valence-corrected chi connectivity index (χ3v) is 8.50. The van der Waals surface area contributed by atoms with Gasteiger partial charge in [0.1, 0.15) is 5.78 Å². The van der Waals surface area contributed by atoms with Gasteiger partial charge in [0.05, 0.1) is 5.60 Å². The molecule has 122 valence electrons. The Hall–Kier alpha value is -0.630. The summed E-state index contributed by atoms with van der Waals surface area (Å²) in [4.78, 5) is 11.9. The predicted molar refractivity (Wildman–Crippen MR) is 87.3 cm³/mol. The fourth-order valence-corrected chi connectivity index (χ4v) is 6.72. The lowest BCUT2D eigenvalue weighted by atomic mass is 9.47. The molecule has 0 aromatic carbocycles. The van der Waals surface area contributed by atoms with E-state index in [2.05, 4.69) is 26.8 Å². The van der Waals surface area contributed by atoms with Crippen molar-refractivity contribution in [1.29, 1.82) is 0 Å². The van der Waals surface area contributed by atoms with Crippen LogP contribution in [0.3, 0.4) is 0 Å². The first-order valence-corrected chi connectivity index (χ1v) is 9.21. The van der Waals surface area contributed by atoms with Gasteiger partial charge in [0.25, 0.3) is 0 Å². The Balaban J connectivity index is 1.70. The van der Waals surface area contributed by atoms with Crippen LogP contribution in [0.25, 0.3) is 0 Å². The molecule has 0 bridgehead atoms. The van der Waals surface area contributed by atoms with Crippen molar-refractivity contribution in [2.45, 2.75) is 77.7 Å². The van der Waals surface area contributed by atoms with E-state index in [1.807, 2.05) is 0 Å². The molecule has 3 saturated carbocycles. The highest BCUT2D eigenvalue weighted by molar-refractivity contribution is 5.82. The molecule has 0 heterocycles. The van der Waals surface area contributed by atoms with Gasteiger partial charge < -0.3 is 5.11 Å². The Labute approximate surface area is 134 Å². The quantitative estimate of drug-likeness (QED) is 0.679. The highest BCUT2D eigenvalue weighted by Gasteiger charge is 2.62. The van der Waals surface area contributed by atoms with Crippen LogP contribution in [0, 0.1) is 28.6 Å². The zero-order valence-electron chi connectivity index (χ0n) is 14.3. The van der Waals surface area contributed by atoms with Crippen molar-refractivity contribution in [2.75, 3.05) is 0 Å². The van der Waals surface area contributed by atoms with Crippen molar-refractivity contribution >= 4 is 5.78 Å². The second kappa shape index (κ2) is 4.47. The maximum absolute atomic E-state index is 11.9. The van der Waals surface area contributed by atoms with Gasteiger partial charge in [0.2, 0.25) is 0 Å². The molecule has 3 fully saturated rings. The van der Waals surface area contributed by atoms with Crippen LogP contribution in [0.15, 0.2) is 11.6 Å². The van der Waals surface area contributed by atoms with Crippen LogP contribution >= 0.6 is 0 Å². The lowest BCUT2D eigenvalue weighted by molar-refractivity contribution is -0.126. The van der Waals surface area contributed by atoms with Gasteiger partial charge in [-0.15, -0.1) is 0 Å². The Morgan fingerprint density at radius 2 is 1.82 bits per heavy atom. The topological polar surface area (TPSA) is 37.3 Å². The van der Waals surface area contributed by atoms with Crippen LogP contribution in [-0.2, 0) is 4.79 Å². The van der Waals surface area contributed by atoms with Crippen LogP contribution in [0.1, 0.15) is 72.1 Å². The smallest absolute Gasteiger partial charge is 0.136 e. The number of hydrogen-bond acceptors (Lipinski definition) is 2. The first-order chi connectivity index (χ1) is 10.3. The minimum Gasteiger partial charge on any atom is -0.390 e. The van der Waals surface area contributed by atoms with Gasteiger partial charge in [-0.2, -0.15) is 0 Å². The van der Waals surface area contributed by atoms with Crippen LogP contribution in [0.5, 0.6) is 0 Å². The summed E-state index contributed by atoms with van der Waals surface area (Å²) in [6.07, 6.45) is 10.6. The Morgan fingerprint density at radius 1 is 1.09 bits per heavy atom. The number of allylic oxidation sites excluding steroid dienone is 2. The number of carbonyl (C=O) groups excluding carboxylic acids is 1. The second-order valence-electron chi connectivity index (χ2n) is 9.24. The van der Waals surface area contributed by atoms with E-state index in [1.165, 1.54) is 18.4 Å². The summed E-state index contributed by atoms with van der Waals surface area (Å²) in [6.45, 7) is 6.84. The third kappa shape index (κ3) is 1.74. The molecule has 6 atom stereocenters. The maximum atomic E-state index is 11.9. The summed E-state index contributed by atoms with van der Waals surface area (Å²) in [6, 6.07) is 0. The lowest BCUT2D eigenvalue weighted by Gasteiger charge is -2.58. The monoisotopic (exact) mass is 302 g/mol. The van der Waals surface area contributed by atoms with Crippen molar-refractivity contribution in [3.05, 3.63) is 11.6 Å². The maximum Gasteiger partial charge on any atom is 0.136 e. The normalized spacial score (nSPS) is 54.3. The van der Waals surface area contributed by atoms with Crippen molar-refractivity contribution < 1.29 is 9.90 Å². The number of hydrogen-bond donors (Lipinski definition) is 1. The van der Waals surface area contributed by atoms with Crippen molar-refractivity contribution in [3.8, 4) is 0 Å². The standard InChI is InChI=1S/C20H30O2/c1-18-9-6-14(21)12-13(18)4-5-15-16(18)7-10-19(2)17(15)8-11-20(19,3)22/h4,15-17,22H,5-12H2,1-3H3/t15-,16+,17+,18+,19+,20+/m1/s1. The number of Topliss-reactive ketones (excluding diaryl/α,β-unsaturated/α-hetero) is 1. The van der Waals surface area contributed by atoms with Crippen LogP contribution in [-0.4, -0.2) is 16.5 Å². The van der Waals surface area contributed by atoms with E-state index in [4.69, 9.17) is 0 Å². The van der Waals surface area contributed by atoms with Gasteiger partial charge in [-0.1, -0.05) is 25.5 Å². The zero-order valence-corrected chi connectivity index (χ0v) is 14.3. The molecule has 4 aliphatic rings. The van der Waals surface area contributed by atoms with Crippen molar-refractivity contribution in [3.63, 3.8) is 0 Å². The molecule has 0 aromatic rings. The zero-order chi connectivity index (χ0) is 15.8.